The number of hydrogen-bond acceptors (Lipinski definition) is 9. The molecule has 3 aromatic carbocycles. The fraction of sp³-hybridized carbons (Fsp3) is 0.273. The van der Waals surface area contributed by atoms with Crippen LogP contribution in [0, 0.1) is 6.92 Å². The molecule has 10 nitrogen and oxygen atoms in total. The van der Waals surface area contributed by atoms with Crippen molar-refractivity contribution in [1.82, 2.24) is 5.16 Å². The molecule has 0 spiro atoms. The fourth-order valence-corrected chi connectivity index (χ4v) is 7.11. The number of ether oxygens (including phenoxy) is 1. The molecule has 1 saturated heterocycles. The number of hydrogen-bond donors (Lipinski definition) is 0. The molecule has 3 heterocycles. The van der Waals surface area contributed by atoms with Gasteiger partial charge in [-0.15, -0.1) is 0 Å². The number of furan rings is 1. The van der Waals surface area contributed by atoms with Gasteiger partial charge in [-0.1, -0.05) is 47.6 Å². The largest absolute Gasteiger partial charge is 0.460 e. The second-order valence-electron chi connectivity index (χ2n) is 10.6. The van der Waals surface area contributed by atoms with Crippen molar-refractivity contribution in [2.24, 2.45) is 0 Å². The van der Waals surface area contributed by atoms with E-state index in [2.05, 4.69) is 15.0 Å². The topological polar surface area (TPSA) is 109 Å². The van der Waals surface area contributed by atoms with Gasteiger partial charge in [-0.05, 0) is 56.2 Å². The molecule has 0 radical (unpaired) electrons. The maximum atomic E-state index is 14.6. The summed E-state index contributed by atoms with van der Waals surface area (Å²) in [5, 5.41) is 4.37. The highest BCUT2D eigenvalue weighted by molar-refractivity contribution is 7.92. The van der Waals surface area contributed by atoms with Gasteiger partial charge in [0.1, 0.15) is 5.58 Å². The molecule has 1 fully saturated rings. The minimum atomic E-state index is -4.05. The Morgan fingerprint density at radius 2 is 1.68 bits per heavy atom. The summed E-state index contributed by atoms with van der Waals surface area (Å²) in [5.74, 6) is 0.223. The molecule has 228 valence electrons. The van der Waals surface area contributed by atoms with E-state index in [4.69, 9.17) is 13.7 Å². The highest BCUT2D eigenvalue weighted by Gasteiger charge is 2.30. The van der Waals surface area contributed by atoms with E-state index in [-0.39, 0.29) is 23.8 Å². The number of aryl methyl sites for hydroxylation is 1. The molecule has 1 aliphatic rings. The first-order valence-electron chi connectivity index (χ1n) is 14.6. The van der Waals surface area contributed by atoms with Crippen LogP contribution < -0.4 is 14.1 Å². The van der Waals surface area contributed by atoms with Crippen molar-refractivity contribution in [2.45, 2.75) is 25.2 Å². The number of fused-ring (bicyclic) bond motifs is 1. The van der Waals surface area contributed by atoms with Crippen LogP contribution in [0.25, 0.3) is 11.0 Å². The van der Waals surface area contributed by atoms with Crippen LogP contribution in [0.3, 0.4) is 0 Å². The number of para-hydroxylation sites is 2. The van der Waals surface area contributed by atoms with Gasteiger partial charge in [-0.3, -0.25) is 4.31 Å². The van der Waals surface area contributed by atoms with Crippen LogP contribution in [0.2, 0.25) is 0 Å². The van der Waals surface area contributed by atoms with Crippen LogP contribution in [0.15, 0.2) is 98.9 Å². The third kappa shape index (κ3) is 5.74. The predicted octanol–water partition coefficient (Wildman–Crippen LogP) is 5.67. The van der Waals surface area contributed by atoms with E-state index < -0.39 is 16.0 Å². The van der Waals surface area contributed by atoms with E-state index >= 15 is 0 Å². The van der Waals surface area contributed by atoms with Crippen LogP contribution >= 0.6 is 0 Å². The lowest BCUT2D eigenvalue weighted by Crippen LogP contribution is -2.47. The third-order valence-corrected chi connectivity index (χ3v) is 9.72. The van der Waals surface area contributed by atoms with Crippen molar-refractivity contribution in [1.29, 1.82) is 0 Å². The Morgan fingerprint density at radius 1 is 0.955 bits per heavy atom. The van der Waals surface area contributed by atoms with Crippen LogP contribution in [-0.2, 0) is 21.2 Å². The first-order chi connectivity index (χ1) is 21.4. The molecular weight excluding hydrogens is 580 g/mol. The van der Waals surface area contributed by atoms with Gasteiger partial charge < -0.3 is 23.5 Å². The van der Waals surface area contributed by atoms with E-state index in [0.29, 0.717) is 54.8 Å². The number of benzene rings is 3. The Hall–Kier alpha value is -4.77. The normalized spacial score (nSPS) is 13.8. The maximum absolute atomic E-state index is 14.6. The second-order valence-corrected chi connectivity index (χ2v) is 12.4. The summed E-state index contributed by atoms with van der Waals surface area (Å²) in [5.41, 5.74) is 3.44. The first kappa shape index (κ1) is 29.3. The zero-order chi connectivity index (χ0) is 30.7. The van der Waals surface area contributed by atoms with Gasteiger partial charge in [0.15, 0.2) is 0 Å². The van der Waals surface area contributed by atoms with Crippen molar-refractivity contribution >= 4 is 44.2 Å². The summed E-state index contributed by atoms with van der Waals surface area (Å²) in [4.78, 5) is 16.9. The number of esters is 1. The van der Waals surface area contributed by atoms with E-state index in [1.807, 2.05) is 60.7 Å². The number of carbonyl (C=O) groups is 1. The Morgan fingerprint density at radius 3 is 2.41 bits per heavy atom. The third-order valence-electron chi connectivity index (χ3n) is 7.91. The number of anilines is 3. The van der Waals surface area contributed by atoms with Gasteiger partial charge in [-0.25, -0.2) is 13.2 Å². The molecule has 5 aromatic rings. The molecule has 1 aliphatic heterocycles. The highest BCUT2D eigenvalue weighted by atomic mass is 32.2. The van der Waals surface area contributed by atoms with Crippen LogP contribution in [0.1, 0.15) is 28.6 Å². The highest BCUT2D eigenvalue weighted by Crippen LogP contribution is 2.36. The number of aromatic nitrogens is 1. The predicted molar refractivity (Wildman–Crippen MR) is 169 cm³/mol. The molecule has 0 unspecified atom stereocenters. The first-order valence-corrected chi connectivity index (χ1v) is 16.1. The lowest BCUT2D eigenvalue weighted by molar-refractivity contribution is 0.0491. The minimum Gasteiger partial charge on any atom is -0.460 e. The molecule has 2 aromatic heterocycles. The maximum Gasteiger partial charge on any atom is 0.374 e. The summed E-state index contributed by atoms with van der Waals surface area (Å²) in [6.07, 6.45) is 2.15. The second kappa shape index (κ2) is 12.5. The summed E-state index contributed by atoms with van der Waals surface area (Å²) >= 11 is 0. The molecule has 0 aliphatic carbocycles. The van der Waals surface area contributed by atoms with Crippen molar-refractivity contribution in [3.8, 4) is 0 Å². The smallest absolute Gasteiger partial charge is 0.374 e. The van der Waals surface area contributed by atoms with Gasteiger partial charge in [0, 0.05) is 49.7 Å². The summed E-state index contributed by atoms with van der Waals surface area (Å²) in [6, 6.07) is 24.0. The Labute approximate surface area is 256 Å². The Balaban J connectivity index is 1.37. The molecule has 0 saturated carbocycles. The molecule has 6 rings (SSSR count). The summed E-state index contributed by atoms with van der Waals surface area (Å²) in [7, 11) is -4.05. The average molecular weight is 615 g/mol. The van der Waals surface area contributed by atoms with Crippen molar-refractivity contribution in [3.05, 3.63) is 102 Å². The fourth-order valence-electron chi connectivity index (χ4n) is 5.61. The van der Waals surface area contributed by atoms with Gasteiger partial charge in [-0.2, -0.15) is 0 Å². The number of sulfonamides is 1. The van der Waals surface area contributed by atoms with Crippen molar-refractivity contribution in [3.63, 3.8) is 0 Å². The molecular formula is C33H34N4O6S. The average Bonchev–Trinajstić information content (AvgIpc) is 3.70. The van der Waals surface area contributed by atoms with Gasteiger partial charge >= 0.3 is 5.97 Å². The number of piperazine rings is 1. The van der Waals surface area contributed by atoms with E-state index in [1.165, 1.54) is 10.4 Å². The lowest BCUT2D eigenvalue weighted by atomic mass is 10.1. The molecule has 0 atom stereocenters. The number of carbonyl (C=O) groups excluding carboxylic acids is 1. The SMILES string of the molecule is CCOC(=O)c1oc2ccc(S(=O)(=O)N(CCc3ccccc3)c3ccccc3N3CCN(c4ccno4)CC3)cc2c1C. The van der Waals surface area contributed by atoms with E-state index in [1.54, 1.807) is 32.2 Å². The van der Waals surface area contributed by atoms with Crippen molar-refractivity contribution in [2.75, 3.05) is 53.4 Å². The van der Waals surface area contributed by atoms with Crippen molar-refractivity contribution < 1.29 is 26.9 Å². The van der Waals surface area contributed by atoms with Gasteiger partial charge in [0.25, 0.3) is 10.0 Å². The molecule has 0 amide bonds. The van der Waals surface area contributed by atoms with E-state index in [9.17, 15) is 13.2 Å². The molecule has 0 bridgehead atoms. The summed E-state index contributed by atoms with van der Waals surface area (Å²) < 4.78 is 46.8. The van der Waals surface area contributed by atoms with Gasteiger partial charge in [0.2, 0.25) is 11.6 Å². The standard InChI is InChI=1S/C33H34N4O6S/c1-3-41-33(38)32-24(2)27-23-26(13-14-30(27)42-32)44(39,40)37(18-16-25-9-5-4-6-10-25)29-12-8-7-11-28(29)35-19-21-36(22-20-35)31-15-17-34-43-31/h4-15,17,23H,3,16,18-22H2,1-2H3. The van der Waals surface area contributed by atoms with Gasteiger partial charge in [0.05, 0.1) is 29.1 Å². The monoisotopic (exact) mass is 614 g/mol. The summed E-state index contributed by atoms with van der Waals surface area (Å²) in [6.45, 7) is 6.67. The quantitative estimate of drug-likeness (QED) is 0.184. The Bertz CT molecular complexity index is 1850. The minimum absolute atomic E-state index is 0.0761. The molecule has 44 heavy (non-hydrogen) atoms. The zero-order valence-corrected chi connectivity index (χ0v) is 25.5. The van der Waals surface area contributed by atoms with Crippen LogP contribution in [-0.4, -0.2) is 58.9 Å². The Kier molecular flexibility index (Phi) is 8.30. The molecule has 0 N–H and O–H groups in total. The zero-order valence-electron chi connectivity index (χ0n) is 24.7. The van der Waals surface area contributed by atoms with E-state index in [0.717, 1.165) is 17.1 Å². The number of nitrogens with zero attached hydrogens (tertiary/aromatic N) is 4. The van der Waals surface area contributed by atoms with Crippen LogP contribution in [0.5, 0.6) is 0 Å². The molecule has 11 heteroatoms. The number of rotatable bonds is 10. The van der Waals surface area contributed by atoms with Crippen LogP contribution in [0.4, 0.5) is 17.3 Å². The lowest BCUT2D eigenvalue weighted by Gasteiger charge is -2.38.